The summed E-state index contributed by atoms with van der Waals surface area (Å²) >= 11 is 6.46. The Morgan fingerprint density at radius 2 is 2.18 bits per heavy atom. The SMILES string of the molecule is Cc1nc(-c2ccc(CNC(=O)Cn3cnc4c(c(Br)nn4C)c3=O)s2)cs1. The van der Waals surface area contributed by atoms with Crippen LogP contribution in [-0.2, 0) is 24.9 Å². The molecule has 0 atom stereocenters. The molecule has 8 nitrogen and oxygen atoms in total. The van der Waals surface area contributed by atoms with Crippen LogP contribution in [0.2, 0.25) is 0 Å². The van der Waals surface area contributed by atoms with Gasteiger partial charge in [-0.05, 0) is 35.0 Å². The molecule has 0 unspecified atom stereocenters. The highest BCUT2D eigenvalue weighted by molar-refractivity contribution is 9.10. The average Bonchev–Trinajstić information content (AvgIpc) is 3.35. The summed E-state index contributed by atoms with van der Waals surface area (Å²) in [5, 5.41) is 10.4. The summed E-state index contributed by atoms with van der Waals surface area (Å²) in [6.45, 7) is 2.27. The van der Waals surface area contributed by atoms with E-state index in [4.69, 9.17) is 0 Å². The fourth-order valence-electron chi connectivity index (χ4n) is 2.73. The first-order chi connectivity index (χ1) is 13.4. The van der Waals surface area contributed by atoms with Gasteiger partial charge in [-0.1, -0.05) is 0 Å². The Balaban J connectivity index is 1.43. The second-order valence-corrected chi connectivity index (χ2v) is 9.07. The Morgan fingerprint density at radius 1 is 1.36 bits per heavy atom. The number of nitrogens with one attached hydrogen (secondary N) is 1. The number of carbonyl (C=O) groups excluding carboxylic acids is 1. The van der Waals surface area contributed by atoms with Gasteiger partial charge in [-0.2, -0.15) is 5.10 Å². The van der Waals surface area contributed by atoms with Gasteiger partial charge in [0.25, 0.3) is 5.56 Å². The maximum atomic E-state index is 12.6. The summed E-state index contributed by atoms with van der Waals surface area (Å²) in [5.74, 6) is -0.261. The summed E-state index contributed by atoms with van der Waals surface area (Å²) < 4.78 is 3.21. The third kappa shape index (κ3) is 3.64. The smallest absolute Gasteiger partial charge is 0.266 e. The topological polar surface area (TPSA) is 94.7 Å². The Morgan fingerprint density at radius 3 is 2.93 bits per heavy atom. The zero-order valence-corrected chi connectivity index (χ0v) is 18.2. The van der Waals surface area contributed by atoms with E-state index in [0.717, 1.165) is 20.5 Å². The molecular formula is C17H15BrN6O2S2. The minimum absolute atomic E-state index is 0.105. The predicted molar refractivity (Wildman–Crippen MR) is 112 cm³/mol. The Bertz CT molecular complexity index is 1240. The Labute approximate surface area is 176 Å². The van der Waals surface area contributed by atoms with Crippen molar-refractivity contribution in [2.45, 2.75) is 20.0 Å². The minimum Gasteiger partial charge on any atom is -0.350 e. The van der Waals surface area contributed by atoms with Gasteiger partial charge in [0, 0.05) is 17.3 Å². The van der Waals surface area contributed by atoms with Crippen molar-refractivity contribution < 1.29 is 4.79 Å². The zero-order valence-electron chi connectivity index (χ0n) is 15.0. The number of hydrogen-bond acceptors (Lipinski definition) is 7. The van der Waals surface area contributed by atoms with E-state index >= 15 is 0 Å². The maximum absolute atomic E-state index is 12.6. The largest absolute Gasteiger partial charge is 0.350 e. The molecule has 1 N–H and O–H groups in total. The molecule has 4 heterocycles. The van der Waals surface area contributed by atoms with Gasteiger partial charge in [-0.15, -0.1) is 22.7 Å². The lowest BCUT2D eigenvalue weighted by atomic mass is 10.3. The van der Waals surface area contributed by atoms with Crippen LogP contribution in [0.4, 0.5) is 0 Å². The van der Waals surface area contributed by atoms with Gasteiger partial charge in [0.1, 0.15) is 22.9 Å². The molecule has 0 aromatic carbocycles. The highest BCUT2D eigenvalue weighted by Gasteiger charge is 2.15. The van der Waals surface area contributed by atoms with Crippen LogP contribution in [0.15, 0.2) is 33.2 Å². The summed E-state index contributed by atoms with van der Waals surface area (Å²) in [4.78, 5) is 35.7. The van der Waals surface area contributed by atoms with Crippen LogP contribution < -0.4 is 10.9 Å². The van der Waals surface area contributed by atoms with Gasteiger partial charge in [0.05, 0.1) is 22.1 Å². The number of thiophene rings is 1. The van der Waals surface area contributed by atoms with Crippen LogP contribution in [0, 0.1) is 6.92 Å². The number of rotatable bonds is 5. The lowest BCUT2D eigenvalue weighted by Crippen LogP contribution is -2.32. The molecule has 11 heteroatoms. The molecule has 0 bridgehead atoms. The van der Waals surface area contributed by atoms with Gasteiger partial charge < -0.3 is 5.32 Å². The van der Waals surface area contributed by atoms with Crippen molar-refractivity contribution in [3.05, 3.63) is 48.7 Å². The number of halogens is 1. The summed E-state index contributed by atoms with van der Waals surface area (Å²) in [7, 11) is 1.71. The molecule has 0 fully saturated rings. The number of hydrogen-bond donors (Lipinski definition) is 1. The Kier molecular flexibility index (Phi) is 5.13. The maximum Gasteiger partial charge on any atom is 0.266 e. The zero-order chi connectivity index (χ0) is 19.8. The van der Waals surface area contributed by atoms with Crippen LogP contribution in [0.1, 0.15) is 9.88 Å². The molecule has 0 saturated carbocycles. The van der Waals surface area contributed by atoms with E-state index in [2.05, 4.69) is 36.3 Å². The number of nitrogens with zero attached hydrogens (tertiary/aromatic N) is 5. The van der Waals surface area contributed by atoms with Crippen molar-refractivity contribution in [1.29, 1.82) is 0 Å². The number of aromatic nitrogens is 5. The van der Waals surface area contributed by atoms with Gasteiger partial charge in [-0.3, -0.25) is 14.2 Å². The monoisotopic (exact) mass is 478 g/mol. The standard InChI is InChI=1S/C17H15BrN6O2S2/c1-9-21-11(7-27-9)12-4-3-10(28-12)5-19-13(25)6-24-8-20-16-14(17(24)26)15(18)22-23(16)2/h3-4,7-8H,5-6H2,1-2H3,(H,19,25). The molecule has 0 spiro atoms. The molecule has 0 aliphatic rings. The number of aryl methyl sites for hydroxylation is 2. The van der Waals surface area contributed by atoms with Gasteiger partial charge in [0.15, 0.2) is 5.65 Å². The van der Waals surface area contributed by atoms with Crippen LogP contribution in [0.5, 0.6) is 0 Å². The second kappa shape index (κ2) is 7.57. The summed E-state index contributed by atoms with van der Waals surface area (Å²) in [5.41, 5.74) is 1.12. The molecular weight excluding hydrogens is 464 g/mol. The fourth-order valence-corrected chi connectivity index (χ4v) is 4.91. The van der Waals surface area contributed by atoms with Gasteiger partial charge in [0.2, 0.25) is 5.91 Å². The number of thiazole rings is 1. The quantitative estimate of drug-likeness (QED) is 0.475. The van der Waals surface area contributed by atoms with Gasteiger partial charge >= 0.3 is 0 Å². The first kappa shape index (κ1) is 19.0. The number of carbonyl (C=O) groups is 1. The molecule has 0 radical (unpaired) electrons. The molecule has 4 aromatic heterocycles. The fraction of sp³-hybridized carbons (Fsp3) is 0.235. The van der Waals surface area contributed by atoms with Crippen molar-refractivity contribution in [3.8, 4) is 10.6 Å². The van der Waals surface area contributed by atoms with Crippen LogP contribution in [0.3, 0.4) is 0 Å². The van der Waals surface area contributed by atoms with Crippen molar-refractivity contribution in [2.75, 3.05) is 0 Å². The number of amides is 1. The highest BCUT2D eigenvalue weighted by Crippen LogP contribution is 2.28. The number of fused-ring (bicyclic) bond motifs is 1. The van der Waals surface area contributed by atoms with E-state index in [9.17, 15) is 9.59 Å². The van der Waals surface area contributed by atoms with Crippen LogP contribution in [-0.4, -0.2) is 30.2 Å². The van der Waals surface area contributed by atoms with E-state index in [1.807, 2.05) is 24.4 Å². The van der Waals surface area contributed by atoms with Crippen LogP contribution in [0.25, 0.3) is 21.6 Å². The van der Waals surface area contributed by atoms with Crippen molar-refractivity contribution in [2.24, 2.45) is 7.05 Å². The van der Waals surface area contributed by atoms with E-state index in [1.165, 1.54) is 15.6 Å². The van der Waals surface area contributed by atoms with Crippen molar-refractivity contribution in [3.63, 3.8) is 0 Å². The molecule has 1 amide bonds. The molecule has 4 rings (SSSR count). The molecule has 0 aliphatic carbocycles. The van der Waals surface area contributed by atoms with E-state index in [0.29, 0.717) is 22.2 Å². The van der Waals surface area contributed by atoms with Crippen molar-refractivity contribution >= 4 is 55.5 Å². The first-order valence-electron chi connectivity index (χ1n) is 8.28. The summed E-state index contributed by atoms with van der Waals surface area (Å²) in [6.07, 6.45) is 1.37. The normalized spacial score (nSPS) is 11.2. The minimum atomic E-state index is -0.308. The molecule has 0 aliphatic heterocycles. The molecule has 144 valence electrons. The average molecular weight is 479 g/mol. The highest BCUT2D eigenvalue weighted by atomic mass is 79.9. The van der Waals surface area contributed by atoms with E-state index < -0.39 is 0 Å². The molecule has 28 heavy (non-hydrogen) atoms. The van der Waals surface area contributed by atoms with Crippen molar-refractivity contribution in [1.82, 2.24) is 29.6 Å². The molecule has 4 aromatic rings. The lowest BCUT2D eigenvalue weighted by Gasteiger charge is -2.06. The van der Waals surface area contributed by atoms with Crippen LogP contribution >= 0.6 is 38.6 Å². The Hall–Kier alpha value is -2.37. The van der Waals surface area contributed by atoms with E-state index in [-0.39, 0.29) is 18.0 Å². The first-order valence-corrected chi connectivity index (χ1v) is 10.8. The van der Waals surface area contributed by atoms with Gasteiger partial charge in [-0.25, -0.2) is 14.6 Å². The molecule has 0 saturated heterocycles. The third-order valence-corrected chi connectivity index (χ3v) is 6.51. The second-order valence-electron chi connectivity index (χ2n) is 6.09. The third-order valence-electron chi connectivity index (χ3n) is 4.08. The lowest BCUT2D eigenvalue weighted by molar-refractivity contribution is -0.121. The summed E-state index contributed by atoms with van der Waals surface area (Å²) in [6, 6.07) is 3.98. The predicted octanol–water partition coefficient (Wildman–Crippen LogP) is 2.70. The van der Waals surface area contributed by atoms with E-state index in [1.54, 1.807) is 29.7 Å².